The summed E-state index contributed by atoms with van der Waals surface area (Å²) in [6.07, 6.45) is 1.91. The molecule has 0 aliphatic carbocycles. The summed E-state index contributed by atoms with van der Waals surface area (Å²) >= 11 is 0. The van der Waals surface area contributed by atoms with Crippen LogP contribution in [0, 0.1) is 5.92 Å². The predicted molar refractivity (Wildman–Crippen MR) is 188 cm³/mol. The van der Waals surface area contributed by atoms with Crippen LogP contribution in [0.4, 0.5) is 0 Å². The van der Waals surface area contributed by atoms with Crippen molar-refractivity contribution in [1.29, 1.82) is 0 Å². The van der Waals surface area contributed by atoms with Crippen molar-refractivity contribution in [3.63, 3.8) is 0 Å². The molecule has 4 atom stereocenters. The topological polar surface area (TPSA) is 297 Å². The fourth-order valence-electron chi connectivity index (χ4n) is 4.78. The van der Waals surface area contributed by atoms with E-state index in [1.54, 1.807) is 0 Å². The lowest BCUT2D eigenvalue weighted by molar-refractivity contribution is -0.138. The minimum absolute atomic E-state index is 0.0154. The first-order valence-electron chi connectivity index (χ1n) is 16.8. The number of aliphatic imine (C=N–C) groups is 1. The lowest BCUT2D eigenvalue weighted by Gasteiger charge is -2.27. The van der Waals surface area contributed by atoms with E-state index in [1.165, 1.54) is 31.2 Å². The van der Waals surface area contributed by atoms with Crippen molar-refractivity contribution in [2.75, 3.05) is 19.6 Å². The van der Waals surface area contributed by atoms with Crippen LogP contribution in [-0.2, 0) is 40.0 Å². The van der Waals surface area contributed by atoms with Crippen LogP contribution in [0.5, 0.6) is 5.75 Å². The first kappa shape index (κ1) is 43.6. The summed E-state index contributed by atoms with van der Waals surface area (Å²) in [6.45, 7) is 5.88. The molecule has 18 nitrogen and oxygen atoms in total. The number of rotatable bonds is 23. The van der Waals surface area contributed by atoms with Gasteiger partial charge in [-0.1, -0.05) is 45.7 Å². The summed E-state index contributed by atoms with van der Waals surface area (Å²) < 4.78 is 0. The van der Waals surface area contributed by atoms with Gasteiger partial charge in [-0.3, -0.25) is 38.6 Å². The van der Waals surface area contributed by atoms with Crippen LogP contribution in [0.15, 0.2) is 29.3 Å². The van der Waals surface area contributed by atoms with Crippen LogP contribution >= 0.6 is 0 Å². The van der Waals surface area contributed by atoms with Crippen LogP contribution in [0.3, 0.4) is 0 Å². The minimum Gasteiger partial charge on any atom is -0.508 e. The Hall–Kier alpha value is -5.42. The van der Waals surface area contributed by atoms with Crippen molar-refractivity contribution in [2.24, 2.45) is 22.4 Å². The van der Waals surface area contributed by atoms with Crippen molar-refractivity contribution in [1.82, 2.24) is 31.9 Å². The number of carbonyl (C=O) groups is 7. The molecule has 0 aliphatic rings. The summed E-state index contributed by atoms with van der Waals surface area (Å²) in [4.78, 5) is 92.6. The second-order valence-corrected chi connectivity index (χ2v) is 12.4. The maximum atomic E-state index is 13.8. The van der Waals surface area contributed by atoms with Crippen molar-refractivity contribution in [2.45, 2.75) is 96.8 Å². The molecular weight excluding hydrogens is 666 g/mol. The largest absolute Gasteiger partial charge is 0.508 e. The van der Waals surface area contributed by atoms with Crippen molar-refractivity contribution in [3.05, 3.63) is 29.8 Å². The molecule has 0 aromatic heterocycles. The Morgan fingerprint density at radius 1 is 0.745 bits per heavy atom. The highest BCUT2D eigenvalue weighted by atomic mass is 16.4. The molecule has 0 heterocycles. The van der Waals surface area contributed by atoms with Gasteiger partial charge < -0.3 is 53.6 Å². The van der Waals surface area contributed by atoms with E-state index in [1.807, 2.05) is 20.8 Å². The van der Waals surface area contributed by atoms with E-state index in [4.69, 9.17) is 16.6 Å². The second-order valence-electron chi connectivity index (χ2n) is 12.4. The van der Waals surface area contributed by atoms with Crippen molar-refractivity contribution >= 4 is 47.4 Å². The van der Waals surface area contributed by atoms with Crippen molar-refractivity contribution < 1.29 is 43.8 Å². The number of aliphatic carboxylic acids is 1. The Bertz CT molecular complexity index is 1370. The molecule has 18 heteroatoms. The number of carboxylic acids is 1. The monoisotopic (exact) mass is 719 g/mol. The number of hydrogen-bond donors (Lipinski definition) is 10. The van der Waals surface area contributed by atoms with Crippen LogP contribution in [-0.4, -0.2) is 101 Å². The average Bonchev–Trinajstić information content (AvgIpc) is 3.05. The van der Waals surface area contributed by atoms with E-state index < -0.39 is 72.1 Å². The molecule has 6 amide bonds. The Kier molecular flexibility index (Phi) is 19.7. The number of benzene rings is 1. The molecule has 1 rings (SSSR count). The number of aromatic hydroxyl groups is 1. The molecule has 0 saturated carbocycles. The number of hydrogen-bond acceptors (Lipinski definition) is 9. The third-order valence-electron chi connectivity index (χ3n) is 7.34. The Morgan fingerprint density at radius 3 is 1.84 bits per heavy atom. The van der Waals surface area contributed by atoms with E-state index in [0.717, 1.165) is 0 Å². The molecule has 12 N–H and O–H groups in total. The van der Waals surface area contributed by atoms with Gasteiger partial charge in [-0.05, 0) is 49.3 Å². The summed E-state index contributed by atoms with van der Waals surface area (Å²) in [5.74, 6) is -5.51. The maximum Gasteiger partial charge on any atom is 0.322 e. The van der Waals surface area contributed by atoms with Gasteiger partial charge in [0.05, 0.1) is 6.54 Å². The number of nitrogens with two attached hydrogens (primary N) is 2. The zero-order valence-corrected chi connectivity index (χ0v) is 29.6. The molecule has 0 radical (unpaired) electrons. The quantitative estimate of drug-likeness (QED) is 0.0353. The lowest BCUT2D eigenvalue weighted by Crippen LogP contribution is -2.59. The maximum absolute atomic E-state index is 13.8. The third-order valence-corrected chi connectivity index (χ3v) is 7.34. The number of guanidine groups is 1. The first-order chi connectivity index (χ1) is 24.0. The molecule has 284 valence electrons. The van der Waals surface area contributed by atoms with E-state index in [-0.39, 0.29) is 62.8 Å². The molecule has 0 bridgehead atoms. The molecule has 0 unspecified atom stereocenters. The lowest BCUT2D eigenvalue weighted by atomic mass is 10.00. The van der Waals surface area contributed by atoms with Crippen LogP contribution in [0.1, 0.15) is 71.8 Å². The molecule has 0 spiro atoms. The zero-order valence-electron chi connectivity index (χ0n) is 29.6. The zero-order chi connectivity index (χ0) is 38.5. The predicted octanol–water partition coefficient (Wildman–Crippen LogP) is -1.50. The van der Waals surface area contributed by atoms with Gasteiger partial charge in [0.15, 0.2) is 5.96 Å². The van der Waals surface area contributed by atoms with Crippen LogP contribution in [0.2, 0.25) is 0 Å². The summed E-state index contributed by atoms with van der Waals surface area (Å²) in [5, 5.41) is 33.9. The number of unbranched alkanes of at least 4 members (excludes halogenated alkanes) is 1. The molecule has 0 saturated heterocycles. The third kappa shape index (κ3) is 18.8. The van der Waals surface area contributed by atoms with Gasteiger partial charge in [0.1, 0.15) is 36.5 Å². The van der Waals surface area contributed by atoms with E-state index in [0.29, 0.717) is 18.4 Å². The number of amides is 6. The standard InChI is InChI=1S/C33H53N9O9/c1-5-6-8-23(39-27(45)17-37-20(4)43)30(49)40-24(9-7-14-36-33(34)35)31(50)41-25(15-19(2)3)32(51)42-26(29(48)38-18-28(46)47)16-21-10-12-22(44)13-11-21/h10-13,19,23-26,44H,5-9,14-18H2,1-4H3,(H,37,43)(H,38,48)(H,39,45)(H,40,49)(H,41,50)(H,42,51)(H,46,47)(H4,34,35,36)/t23-,24-,25-,26-/m0/s1. The Morgan fingerprint density at radius 2 is 1.29 bits per heavy atom. The summed E-state index contributed by atoms with van der Waals surface area (Å²) in [5.41, 5.74) is 11.4. The Balaban J connectivity index is 3.29. The van der Waals surface area contributed by atoms with Gasteiger partial charge >= 0.3 is 5.97 Å². The van der Waals surface area contributed by atoms with Gasteiger partial charge in [0, 0.05) is 19.9 Å². The molecule has 51 heavy (non-hydrogen) atoms. The van der Waals surface area contributed by atoms with Crippen LogP contribution in [0.25, 0.3) is 0 Å². The number of carbonyl (C=O) groups excluding carboxylic acids is 6. The fraction of sp³-hybridized carbons (Fsp3) is 0.576. The highest BCUT2D eigenvalue weighted by molar-refractivity contribution is 5.96. The molecule has 0 fully saturated rings. The van der Waals surface area contributed by atoms with Gasteiger partial charge in [-0.2, -0.15) is 0 Å². The smallest absolute Gasteiger partial charge is 0.322 e. The average molecular weight is 720 g/mol. The van der Waals surface area contributed by atoms with Gasteiger partial charge in [-0.25, -0.2) is 0 Å². The van der Waals surface area contributed by atoms with Crippen molar-refractivity contribution in [3.8, 4) is 5.75 Å². The SMILES string of the molecule is CCCC[C@H](NC(=O)CNC(C)=O)C(=O)N[C@@H](CCCN=C(N)N)C(=O)N[C@@H](CC(C)C)C(=O)N[C@@H](Cc1ccc(O)cc1)C(=O)NCC(=O)O. The van der Waals surface area contributed by atoms with Gasteiger partial charge in [0.25, 0.3) is 0 Å². The summed E-state index contributed by atoms with van der Waals surface area (Å²) in [6, 6.07) is 1.22. The molecular formula is C33H53N9O9. The first-order valence-corrected chi connectivity index (χ1v) is 16.8. The normalized spacial score (nSPS) is 13.0. The van der Waals surface area contributed by atoms with E-state index in [9.17, 15) is 38.7 Å². The fourth-order valence-corrected chi connectivity index (χ4v) is 4.78. The van der Waals surface area contributed by atoms with Crippen LogP contribution < -0.4 is 43.4 Å². The number of carboxylic acid groups (broad SMARTS) is 1. The number of phenolic OH excluding ortho intramolecular Hbond substituents is 1. The second kappa shape index (κ2) is 23.1. The highest BCUT2D eigenvalue weighted by Crippen LogP contribution is 2.13. The van der Waals surface area contributed by atoms with Gasteiger partial charge in [0.2, 0.25) is 35.4 Å². The number of nitrogens with zero attached hydrogens (tertiary/aromatic N) is 1. The van der Waals surface area contributed by atoms with Gasteiger partial charge in [-0.15, -0.1) is 0 Å². The minimum atomic E-state index is -1.29. The Labute approximate surface area is 297 Å². The van der Waals surface area contributed by atoms with E-state index in [2.05, 4.69) is 36.9 Å². The summed E-state index contributed by atoms with van der Waals surface area (Å²) in [7, 11) is 0. The molecule has 1 aromatic carbocycles. The molecule has 1 aromatic rings. The van der Waals surface area contributed by atoms with E-state index >= 15 is 0 Å². The number of phenols is 1. The number of nitrogens with one attached hydrogen (secondary N) is 6. The molecule has 0 aliphatic heterocycles. The highest BCUT2D eigenvalue weighted by Gasteiger charge is 2.32.